The Kier molecular flexibility index (Phi) is 11.3. The zero-order valence-corrected chi connectivity index (χ0v) is 16.5. The van der Waals surface area contributed by atoms with E-state index in [9.17, 15) is 0 Å². The van der Waals surface area contributed by atoms with Crippen LogP contribution in [0.1, 0.15) is 12.8 Å². The van der Waals surface area contributed by atoms with E-state index in [2.05, 4.69) is 5.32 Å². The van der Waals surface area contributed by atoms with Crippen molar-refractivity contribution in [2.24, 2.45) is 0 Å². The molecule has 0 bridgehead atoms. The Balaban J connectivity index is 4.02. The maximum Gasteiger partial charge on any atom is 0.550 e. The third-order valence-electron chi connectivity index (χ3n) is 3.50. The first-order chi connectivity index (χ1) is 10.5. The molecular formula is C12H30N2O6Si2. The first-order valence-corrected chi connectivity index (χ1v) is 10.7. The van der Waals surface area contributed by atoms with Crippen LogP contribution in [0.15, 0.2) is 0 Å². The van der Waals surface area contributed by atoms with Crippen LogP contribution in [0.25, 0.3) is 0 Å². The molecule has 0 rings (SSSR count). The van der Waals surface area contributed by atoms with E-state index in [0.717, 1.165) is 19.0 Å². The van der Waals surface area contributed by atoms with Gasteiger partial charge in [-0.2, -0.15) is 0 Å². The van der Waals surface area contributed by atoms with Gasteiger partial charge in [0.05, 0.1) is 5.33 Å². The Morgan fingerprint density at radius 2 is 1.32 bits per heavy atom. The van der Waals surface area contributed by atoms with E-state index in [1.807, 2.05) is 0 Å². The van der Waals surface area contributed by atoms with Gasteiger partial charge in [-0.1, -0.05) is 0 Å². The van der Waals surface area contributed by atoms with Crippen molar-refractivity contribution in [2.75, 3.05) is 55.7 Å². The molecule has 132 valence electrons. The van der Waals surface area contributed by atoms with Gasteiger partial charge < -0.3 is 37.3 Å². The van der Waals surface area contributed by atoms with E-state index < -0.39 is 17.6 Å². The highest BCUT2D eigenvalue weighted by Gasteiger charge is 2.43. The Labute approximate surface area is 135 Å². The van der Waals surface area contributed by atoms with Gasteiger partial charge in [0, 0.05) is 61.7 Å². The van der Waals surface area contributed by atoms with Crippen molar-refractivity contribution in [3.05, 3.63) is 0 Å². The van der Waals surface area contributed by atoms with Crippen molar-refractivity contribution < 1.29 is 26.6 Å². The van der Waals surface area contributed by atoms with Gasteiger partial charge in [-0.25, -0.2) is 0 Å². The third-order valence-corrected chi connectivity index (χ3v) is 8.93. The molecule has 0 aromatic heterocycles. The highest BCUT2D eigenvalue weighted by Crippen LogP contribution is 2.14. The fraction of sp³-hybridized carbons (Fsp3) is 0.917. The fourth-order valence-corrected chi connectivity index (χ4v) is 5.49. The van der Waals surface area contributed by atoms with Crippen molar-refractivity contribution in [2.45, 2.75) is 18.9 Å². The van der Waals surface area contributed by atoms with Gasteiger partial charge in [0.25, 0.3) is 0 Å². The van der Waals surface area contributed by atoms with Gasteiger partial charge in [-0.3, -0.25) is 0 Å². The molecule has 0 atom stereocenters. The molecule has 0 aliphatic heterocycles. The van der Waals surface area contributed by atoms with Crippen LogP contribution in [-0.2, 0) is 26.6 Å². The summed E-state index contributed by atoms with van der Waals surface area (Å²) in [4.78, 5) is 0. The molecule has 8 nitrogen and oxygen atoms in total. The molecule has 0 spiro atoms. The summed E-state index contributed by atoms with van der Waals surface area (Å²) in [5.74, 6) is 0. The maximum absolute atomic E-state index is 8.06. The topological polar surface area (TPSA) is 91.3 Å². The summed E-state index contributed by atoms with van der Waals surface area (Å²) in [6.45, 7) is 1.45. The smallest absolute Gasteiger partial charge is 0.377 e. The predicted octanol–water partition coefficient (Wildman–Crippen LogP) is 0.671. The average molecular weight is 355 g/mol. The van der Waals surface area contributed by atoms with Crippen LogP contribution in [0.5, 0.6) is 0 Å². The molecule has 2 N–H and O–H groups in total. The van der Waals surface area contributed by atoms with Crippen molar-refractivity contribution in [1.29, 1.82) is 5.41 Å². The number of nitrogens with one attached hydrogen (secondary N) is 2. The van der Waals surface area contributed by atoms with Crippen LogP contribution in [0.4, 0.5) is 0 Å². The standard InChI is InChI=1S/C12H30N2O6Si2/c1-15-21(16-2,17-3)11-7-9-14-10-8-12(13)22(18-4,19-5)20-6/h13-14H,7-11H2,1-6H3. The minimum absolute atomic E-state index is 0.363. The third kappa shape index (κ3) is 6.14. The van der Waals surface area contributed by atoms with Crippen LogP contribution < -0.4 is 5.32 Å². The van der Waals surface area contributed by atoms with Crippen LogP contribution in [-0.4, -0.2) is 78.7 Å². The molecule has 0 fully saturated rings. The van der Waals surface area contributed by atoms with Crippen LogP contribution in [0, 0.1) is 5.41 Å². The summed E-state index contributed by atoms with van der Waals surface area (Å²) in [5, 5.41) is 11.7. The fourth-order valence-electron chi connectivity index (χ4n) is 2.10. The lowest BCUT2D eigenvalue weighted by atomic mass is 10.4. The maximum atomic E-state index is 8.06. The summed E-state index contributed by atoms with van der Waals surface area (Å²) >= 11 is 0. The van der Waals surface area contributed by atoms with Crippen molar-refractivity contribution in [1.82, 2.24) is 5.32 Å². The molecule has 0 aliphatic rings. The molecule has 0 aromatic rings. The lowest BCUT2D eigenvalue weighted by Gasteiger charge is -2.25. The van der Waals surface area contributed by atoms with E-state index in [-0.39, 0.29) is 0 Å². The minimum atomic E-state index is -2.95. The van der Waals surface area contributed by atoms with E-state index in [4.69, 9.17) is 32.0 Å². The van der Waals surface area contributed by atoms with Gasteiger partial charge in [-0.05, 0) is 13.0 Å². The zero-order valence-electron chi connectivity index (χ0n) is 14.5. The van der Waals surface area contributed by atoms with E-state index in [1.54, 1.807) is 21.3 Å². The summed E-state index contributed by atoms with van der Waals surface area (Å²) < 4.78 is 31.9. The minimum Gasteiger partial charge on any atom is -0.377 e. The largest absolute Gasteiger partial charge is 0.550 e. The van der Waals surface area contributed by atoms with Gasteiger partial charge >= 0.3 is 17.6 Å². The van der Waals surface area contributed by atoms with Crippen LogP contribution >= 0.6 is 0 Å². The number of hydrogen-bond donors (Lipinski definition) is 2. The predicted molar refractivity (Wildman–Crippen MR) is 88.2 cm³/mol. The van der Waals surface area contributed by atoms with Crippen molar-refractivity contribution in [3.63, 3.8) is 0 Å². The lowest BCUT2D eigenvalue weighted by molar-refractivity contribution is 0.123. The van der Waals surface area contributed by atoms with Crippen molar-refractivity contribution >= 4 is 22.9 Å². The summed E-state index contributed by atoms with van der Waals surface area (Å²) in [7, 11) is 3.92. The number of rotatable bonds is 14. The Morgan fingerprint density at radius 1 is 0.818 bits per heavy atom. The SMILES string of the molecule is CO[Si](CCCNCCC(=N)[Si](OC)(OC)OC)(OC)OC. The molecule has 22 heavy (non-hydrogen) atoms. The van der Waals surface area contributed by atoms with E-state index >= 15 is 0 Å². The molecule has 0 heterocycles. The number of hydrogen-bond acceptors (Lipinski definition) is 8. The monoisotopic (exact) mass is 354 g/mol. The zero-order chi connectivity index (χ0) is 17.1. The summed E-state index contributed by atoms with van der Waals surface area (Å²) in [6.07, 6.45) is 1.39. The van der Waals surface area contributed by atoms with E-state index in [1.165, 1.54) is 21.3 Å². The first-order valence-electron chi connectivity index (χ1n) is 7.09. The molecule has 10 heteroatoms. The summed E-state index contributed by atoms with van der Waals surface area (Å²) in [6, 6.07) is 0.744. The summed E-state index contributed by atoms with van der Waals surface area (Å²) in [5.41, 5.74) is 0. The highest BCUT2D eigenvalue weighted by molar-refractivity contribution is 6.92. The Bertz CT molecular complexity index is 297. The second-order valence-corrected chi connectivity index (χ2v) is 10.6. The van der Waals surface area contributed by atoms with Crippen molar-refractivity contribution in [3.8, 4) is 0 Å². The van der Waals surface area contributed by atoms with Gasteiger partial charge in [0.2, 0.25) is 0 Å². The molecular weight excluding hydrogens is 324 g/mol. The molecule has 0 radical (unpaired) electrons. The average Bonchev–Trinajstić information content (AvgIpc) is 2.57. The van der Waals surface area contributed by atoms with Gasteiger partial charge in [0.15, 0.2) is 0 Å². The van der Waals surface area contributed by atoms with Gasteiger partial charge in [0.1, 0.15) is 0 Å². The second kappa shape index (κ2) is 11.4. The van der Waals surface area contributed by atoms with Gasteiger partial charge in [-0.15, -0.1) is 0 Å². The molecule has 0 aromatic carbocycles. The molecule has 0 saturated carbocycles. The molecule has 0 saturated heterocycles. The highest BCUT2D eigenvalue weighted by atomic mass is 28.4. The Morgan fingerprint density at radius 3 is 1.73 bits per heavy atom. The quantitative estimate of drug-likeness (QED) is 0.269. The second-order valence-electron chi connectivity index (χ2n) is 4.55. The van der Waals surface area contributed by atoms with E-state index in [0.29, 0.717) is 18.3 Å². The molecule has 0 unspecified atom stereocenters. The normalized spacial score (nSPS) is 12.6. The molecule has 0 aliphatic carbocycles. The van der Waals surface area contributed by atoms with Crippen LogP contribution in [0.3, 0.4) is 0 Å². The van der Waals surface area contributed by atoms with Crippen LogP contribution in [0.2, 0.25) is 6.04 Å². The first kappa shape index (κ1) is 21.8. The Hall–Kier alpha value is -0.176. The lowest BCUT2D eigenvalue weighted by Crippen LogP contribution is -2.52. The molecule has 0 amide bonds.